The normalized spacial score (nSPS) is 19.9. The standard InChI is InChI=1S/C17H25NOS/c1-2-18-16(12-20-14-7-3-4-8-14)15-9-5-6-13-10-11-19-17(13)15/h5-6,9,14,16,18H,2-4,7-8,10-12H2,1H3. The van der Waals surface area contributed by atoms with Gasteiger partial charge in [-0.3, -0.25) is 0 Å². The smallest absolute Gasteiger partial charge is 0.127 e. The van der Waals surface area contributed by atoms with Gasteiger partial charge in [-0.2, -0.15) is 11.8 Å². The van der Waals surface area contributed by atoms with Gasteiger partial charge >= 0.3 is 0 Å². The van der Waals surface area contributed by atoms with Crippen LogP contribution in [0.5, 0.6) is 5.75 Å². The molecule has 2 aliphatic rings. The molecule has 1 fully saturated rings. The first kappa shape index (κ1) is 14.3. The average molecular weight is 291 g/mol. The number of nitrogens with one attached hydrogen (secondary N) is 1. The van der Waals surface area contributed by atoms with Crippen LogP contribution in [0.15, 0.2) is 18.2 Å². The molecule has 1 aromatic carbocycles. The Kier molecular flexibility index (Phi) is 4.90. The highest BCUT2D eigenvalue weighted by atomic mass is 32.2. The van der Waals surface area contributed by atoms with Crippen molar-refractivity contribution in [1.82, 2.24) is 5.32 Å². The highest BCUT2D eigenvalue weighted by Crippen LogP contribution is 2.37. The molecule has 1 aromatic rings. The Hall–Kier alpha value is -0.670. The maximum atomic E-state index is 5.88. The highest BCUT2D eigenvalue weighted by Gasteiger charge is 2.23. The Bertz CT molecular complexity index is 443. The minimum Gasteiger partial charge on any atom is -0.493 e. The summed E-state index contributed by atoms with van der Waals surface area (Å²) in [5.74, 6) is 2.32. The van der Waals surface area contributed by atoms with Crippen molar-refractivity contribution >= 4 is 11.8 Å². The van der Waals surface area contributed by atoms with E-state index in [9.17, 15) is 0 Å². The molecule has 0 radical (unpaired) electrons. The topological polar surface area (TPSA) is 21.3 Å². The zero-order valence-electron chi connectivity index (χ0n) is 12.4. The summed E-state index contributed by atoms with van der Waals surface area (Å²) in [5, 5.41) is 4.53. The number of benzene rings is 1. The zero-order valence-corrected chi connectivity index (χ0v) is 13.2. The molecule has 3 rings (SSSR count). The maximum absolute atomic E-state index is 5.88. The quantitative estimate of drug-likeness (QED) is 0.857. The van der Waals surface area contributed by atoms with Crippen LogP contribution in [0.4, 0.5) is 0 Å². The second kappa shape index (κ2) is 6.86. The Balaban J connectivity index is 1.71. The van der Waals surface area contributed by atoms with Crippen LogP contribution in [0.2, 0.25) is 0 Å². The second-order valence-corrected chi connectivity index (χ2v) is 7.12. The van der Waals surface area contributed by atoms with E-state index in [4.69, 9.17) is 4.74 Å². The average Bonchev–Trinajstić information content (AvgIpc) is 3.13. The fourth-order valence-corrected chi connectivity index (χ4v) is 4.74. The van der Waals surface area contributed by atoms with E-state index in [0.717, 1.165) is 30.6 Å². The van der Waals surface area contributed by atoms with Crippen molar-refractivity contribution in [2.75, 3.05) is 18.9 Å². The van der Waals surface area contributed by atoms with Crippen LogP contribution in [0.3, 0.4) is 0 Å². The molecule has 0 saturated heterocycles. The third kappa shape index (κ3) is 3.15. The van der Waals surface area contributed by atoms with Crippen molar-refractivity contribution in [3.8, 4) is 5.75 Å². The van der Waals surface area contributed by atoms with Gasteiger partial charge in [-0.05, 0) is 24.9 Å². The predicted octanol–water partition coefficient (Wildman–Crippen LogP) is 3.95. The monoisotopic (exact) mass is 291 g/mol. The van der Waals surface area contributed by atoms with Crippen molar-refractivity contribution in [3.63, 3.8) is 0 Å². The van der Waals surface area contributed by atoms with Gasteiger partial charge in [0.1, 0.15) is 5.75 Å². The van der Waals surface area contributed by atoms with Crippen molar-refractivity contribution < 1.29 is 4.74 Å². The molecule has 0 amide bonds. The molecule has 3 heteroatoms. The van der Waals surface area contributed by atoms with Crippen molar-refractivity contribution in [2.45, 2.75) is 50.3 Å². The molecule has 1 aliphatic heterocycles. The Labute approximate surface area is 126 Å². The molecule has 2 nitrogen and oxygen atoms in total. The molecule has 1 aliphatic carbocycles. The summed E-state index contributed by atoms with van der Waals surface area (Å²) in [5.41, 5.74) is 2.75. The molecule has 0 bridgehead atoms. The first-order chi connectivity index (χ1) is 9.88. The summed E-state index contributed by atoms with van der Waals surface area (Å²) >= 11 is 2.15. The first-order valence-corrected chi connectivity index (χ1v) is 9.03. The van der Waals surface area contributed by atoms with Gasteiger partial charge < -0.3 is 10.1 Å². The van der Waals surface area contributed by atoms with Gasteiger partial charge in [-0.25, -0.2) is 0 Å². The molecule has 1 saturated carbocycles. The molecule has 110 valence electrons. The van der Waals surface area contributed by atoms with Crippen LogP contribution in [-0.4, -0.2) is 24.2 Å². The number of hydrogen-bond acceptors (Lipinski definition) is 3. The summed E-state index contributed by atoms with van der Waals surface area (Å²) in [6.07, 6.45) is 6.73. The van der Waals surface area contributed by atoms with E-state index in [-0.39, 0.29) is 0 Å². The lowest BCUT2D eigenvalue weighted by atomic mass is 10.0. The minimum atomic E-state index is 0.429. The van der Waals surface area contributed by atoms with E-state index in [0.29, 0.717) is 6.04 Å². The fourth-order valence-electron chi connectivity index (χ4n) is 3.31. The van der Waals surface area contributed by atoms with Crippen LogP contribution >= 0.6 is 11.8 Å². The Morgan fingerprint density at radius 1 is 1.35 bits per heavy atom. The van der Waals surface area contributed by atoms with E-state index in [1.165, 1.54) is 42.6 Å². The summed E-state index contributed by atoms with van der Waals surface area (Å²) < 4.78 is 5.88. The van der Waals surface area contributed by atoms with E-state index in [1.807, 2.05) is 0 Å². The molecular weight excluding hydrogens is 266 g/mol. The largest absolute Gasteiger partial charge is 0.493 e. The third-order valence-electron chi connectivity index (χ3n) is 4.37. The lowest BCUT2D eigenvalue weighted by Gasteiger charge is -2.22. The summed E-state index contributed by atoms with van der Waals surface area (Å²) in [6, 6.07) is 7.07. The summed E-state index contributed by atoms with van der Waals surface area (Å²) in [4.78, 5) is 0. The van der Waals surface area contributed by atoms with E-state index in [1.54, 1.807) is 0 Å². The lowest BCUT2D eigenvalue weighted by Crippen LogP contribution is -2.24. The molecule has 1 unspecified atom stereocenters. The Morgan fingerprint density at radius 2 is 2.20 bits per heavy atom. The zero-order chi connectivity index (χ0) is 13.8. The molecule has 1 heterocycles. The van der Waals surface area contributed by atoms with E-state index in [2.05, 4.69) is 42.2 Å². The van der Waals surface area contributed by atoms with Crippen LogP contribution < -0.4 is 10.1 Å². The van der Waals surface area contributed by atoms with E-state index < -0.39 is 0 Å². The maximum Gasteiger partial charge on any atom is 0.127 e. The van der Waals surface area contributed by atoms with Crippen LogP contribution in [0.1, 0.15) is 49.8 Å². The number of rotatable bonds is 6. The van der Waals surface area contributed by atoms with Crippen LogP contribution in [0.25, 0.3) is 0 Å². The number of thioether (sulfide) groups is 1. The lowest BCUT2D eigenvalue weighted by molar-refractivity contribution is 0.350. The predicted molar refractivity (Wildman–Crippen MR) is 86.8 cm³/mol. The van der Waals surface area contributed by atoms with Crippen molar-refractivity contribution in [2.24, 2.45) is 0 Å². The van der Waals surface area contributed by atoms with Crippen molar-refractivity contribution in [3.05, 3.63) is 29.3 Å². The third-order valence-corrected chi connectivity index (χ3v) is 5.84. The molecule has 0 aromatic heterocycles. The van der Waals surface area contributed by atoms with Gasteiger partial charge in [0.25, 0.3) is 0 Å². The van der Waals surface area contributed by atoms with Gasteiger partial charge in [-0.1, -0.05) is 38.0 Å². The molecule has 20 heavy (non-hydrogen) atoms. The van der Waals surface area contributed by atoms with Gasteiger partial charge in [-0.15, -0.1) is 0 Å². The molecule has 0 spiro atoms. The molecular formula is C17H25NOS. The van der Waals surface area contributed by atoms with E-state index >= 15 is 0 Å². The van der Waals surface area contributed by atoms with Gasteiger partial charge in [0, 0.05) is 29.0 Å². The number of para-hydroxylation sites is 1. The fraction of sp³-hybridized carbons (Fsp3) is 0.647. The van der Waals surface area contributed by atoms with Crippen LogP contribution in [-0.2, 0) is 6.42 Å². The van der Waals surface area contributed by atoms with Gasteiger partial charge in [0.05, 0.1) is 6.61 Å². The molecule has 1 N–H and O–H groups in total. The minimum absolute atomic E-state index is 0.429. The number of hydrogen-bond donors (Lipinski definition) is 1. The molecule has 1 atom stereocenters. The summed E-state index contributed by atoms with van der Waals surface area (Å²) in [6.45, 7) is 4.05. The van der Waals surface area contributed by atoms with Crippen LogP contribution in [0, 0.1) is 0 Å². The highest BCUT2D eigenvalue weighted by molar-refractivity contribution is 7.99. The first-order valence-electron chi connectivity index (χ1n) is 7.98. The van der Waals surface area contributed by atoms with Gasteiger partial charge in [0.15, 0.2) is 0 Å². The number of ether oxygens (including phenoxy) is 1. The SMILES string of the molecule is CCNC(CSC1CCCC1)c1cccc2c1OCC2. The number of fused-ring (bicyclic) bond motifs is 1. The second-order valence-electron chi connectivity index (χ2n) is 5.78. The van der Waals surface area contributed by atoms with Gasteiger partial charge in [0.2, 0.25) is 0 Å². The Morgan fingerprint density at radius 3 is 3.00 bits per heavy atom. The van der Waals surface area contributed by atoms with Crippen molar-refractivity contribution in [1.29, 1.82) is 0 Å². The summed E-state index contributed by atoms with van der Waals surface area (Å²) in [7, 11) is 0.